The molecule has 4 heteroatoms. The van der Waals surface area contributed by atoms with Gasteiger partial charge in [0.15, 0.2) is 11.5 Å². The normalized spacial score (nSPS) is 10.2. The van der Waals surface area contributed by atoms with Crippen LogP contribution in [0.5, 0.6) is 11.5 Å². The quantitative estimate of drug-likeness (QED) is 0.392. The van der Waals surface area contributed by atoms with Gasteiger partial charge in [-0.3, -0.25) is 0 Å². The Bertz CT molecular complexity index is 286. The number of aryl methyl sites for hydroxylation is 1. The van der Waals surface area contributed by atoms with E-state index in [4.69, 9.17) is 5.21 Å². The minimum atomic E-state index is -0.184. The van der Waals surface area contributed by atoms with Gasteiger partial charge in [0.1, 0.15) is 0 Å². The standard InChI is InChI=1S/C8H11NO3/c1-5-2-3-6(4-9-12)8(11)7(5)10/h2-3,9-12H,4H2,1H3. The zero-order valence-corrected chi connectivity index (χ0v) is 6.70. The van der Waals surface area contributed by atoms with Crippen molar-refractivity contribution in [3.63, 3.8) is 0 Å². The summed E-state index contributed by atoms with van der Waals surface area (Å²) in [6, 6.07) is 3.30. The first-order valence-corrected chi connectivity index (χ1v) is 3.54. The van der Waals surface area contributed by atoms with Gasteiger partial charge in [-0.15, -0.1) is 0 Å². The molecule has 0 unspecified atom stereocenters. The summed E-state index contributed by atoms with van der Waals surface area (Å²) < 4.78 is 0. The van der Waals surface area contributed by atoms with E-state index >= 15 is 0 Å². The highest BCUT2D eigenvalue weighted by atomic mass is 16.5. The molecule has 0 aliphatic rings. The first-order valence-electron chi connectivity index (χ1n) is 3.54. The first-order chi connectivity index (χ1) is 5.66. The van der Waals surface area contributed by atoms with Crippen LogP contribution in [0.4, 0.5) is 0 Å². The van der Waals surface area contributed by atoms with Crippen LogP contribution in [0.2, 0.25) is 0 Å². The molecule has 0 atom stereocenters. The predicted molar refractivity (Wildman–Crippen MR) is 43.1 cm³/mol. The van der Waals surface area contributed by atoms with E-state index in [1.807, 2.05) is 5.48 Å². The summed E-state index contributed by atoms with van der Waals surface area (Å²) in [6.07, 6.45) is 0. The van der Waals surface area contributed by atoms with Crippen molar-refractivity contribution in [2.45, 2.75) is 13.5 Å². The Morgan fingerprint density at radius 3 is 2.50 bits per heavy atom. The molecule has 66 valence electrons. The number of nitrogens with one attached hydrogen (secondary N) is 1. The van der Waals surface area contributed by atoms with Crippen molar-refractivity contribution < 1.29 is 15.4 Å². The van der Waals surface area contributed by atoms with Crippen molar-refractivity contribution in [1.29, 1.82) is 0 Å². The van der Waals surface area contributed by atoms with Gasteiger partial charge in [-0.2, -0.15) is 0 Å². The lowest BCUT2D eigenvalue weighted by Gasteiger charge is -2.06. The maximum Gasteiger partial charge on any atom is 0.162 e. The lowest BCUT2D eigenvalue weighted by molar-refractivity contribution is 0.160. The van der Waals surface area contributed by atoms with E-state index in [9.17, 15) is 10.2 Å². The molecule has 1 rings (SSSR count). The van der Waals surface area contributed by atoms with Gasteiger partial charge in [0, 0.05) is 12.1 Å². The van der Waals surface area contributed by atoms with Crippen LogP contribution in [-0.2, 0) is 6.54 Å². The molecule has 0 aliphatic heterocycles. The summed E-state index contributed by atoms with van der Waals surface area (Å²) in [5, 5.41) is 26.9. The number of phenols is 2. The average molecular weight is 169 g/mol. The molecule has 0 bridgehead atoms. The van der Waals surface area contributed by atoms with Crippen LogP contribution < -0.4 is 5.48 Å². The second-order valence-electron chi connectivity index (χ2n) is 2.57. The minimum Gasteiger partial charge on any atom is -0.504 e. The summed E-state index contributed by atoms with van der Waals surface area (Å²) in [5.41, 5.74) is 2.97. The van der Waals surface area contributed by atoms with E-state index < -0.39 is 0 Å². The molecule has 0 amide bonds. The summed E-state index contributed by atoms with van der Waals surface area (Å²) in [4.78, 5) is 0. The van der Waals surface area contributed by atoms with Crippen molar-refractivity contribution in [1.82, 2.24) is 5.48 Å². The molecule has 0 spiro atoms. The Hall–Kier alpha value is -1.26. The molecule has 0 radical (unpaired) electrons. The maximum absolute atomic E-state index is 9.31. The number of phenolic OH excluding ortho intramolecular Hbond substituents is 2. The van der Waals surface area contributed by atoms with Gasteiger partial charge in [-0.25, -0.2) is 5.48 Å². The molecule has 12 heavy (non-hydrogen) atoms. The third-order valence-electron chi connectivity index (χ3n) is 1.71. The zero-order valence-electron chi connectivity index (χ0n) is 6.70. The lowest BCUT2D eigenvalue weighted by Crippen LogP contribution is -2.06. The van der Waals surface area contributed by atoms with Crippen LogP contribution in [-0.4, -0.2) is 15.4 Å². The van der Waals surface area contributed by atoms with Crippen LogP contribution in [0, 0.1) is 6.92 Å². The largest absolute Gasteiger partial charge is 0.504 e. The van der Waals surface area contributed by atoms with Crippen LogP contribution in [0.1, 0.15) is 11.1 Å². The fourth-order valence-corrected chi connectivity index (χ4v) is 0.950. The Kier molecular flexibility index (Phi) is 2.52. The Balaban J connectivity index is 3.08. The average Bonchev–Trinajstić information content (AvgIpc) is 2.07. The molecule has 0 aromatic heterocycles. The second-order valence-corrected chi connectivity index (χ2v) is 2.57. The predicted octanol–water partition coefficient (Wildman–Crippen LogP) is 0.885. The van der Waals surface area contributed by atoms with E-state index in [-0.39, 0.29) is 18.0 Å². The van der Waals surface area contributed by atoms with Crippen LogP contribution in [0.25, 0.3) is 0 Å². The Morgan fingerprint density at radius 2 is 1.92 bits per heavy atom. The van der Waals surface area contributed by atoms with Gasteiger partial charge in [0.25, 0.3) is 0 Å². The molecule has 0 aliphatic carbocycles. The van der Waals surface area contributed by atoms with E-state index in [2.05, 4.69) is 0 Å². The Morgan fingerprint density at radius 1 is 1.25 bits per heavy atom. The molecular weight excluding hydrogens is 158 g/mol. The molecular formula is C8H11NO3. The van der Waals surface area contributed by atoms with Gasteiger partial charge in [0.2, 0.25) is 0 Å². The number of hydroxylamine groups is 1. The highest BCUT2D eigenvalue weighted by molar-refractivity contribution is 5.49. The highest BCUT2D eigenvalue weighted by Crippen LogP contribution is 2.31. The van der Waals surface area contributed by atoms with Gasteiger partial charge < -0.3 is 15.4 Å². The molecule has 0 fully saturated rings. The van der Waals surface area contributed by atoms with Gasteiger partial charge in [-0.1, -0.05) is 12.1 Å². The van der Waals surface area contributed by atoms with Gasteiger partial charge in [-0.05, 0) is 12.5 Å². The van der Waals surface area contributed by atoms with Crippen molar-refractivity contribution in [2.75, 3.05) is 0 Å². The highest BCUT2D eigenvalue weighted by Gasteiger charge is 2.07. The summed E-state index contributed by atoms with van der Waals surface area (Å²) in [7, 11) is 0. The molecule has 4 N–H and O–H groups in total. The van der Waals surface area contributed by atoms with E-state index in [1.54, 1.807) is 19.1 Å². The van der Waals surface area contributed by atoms with Crippen molar-refractivity contribution in [2.24, 2.45) is 0 Å². The molecule has 0 saturated heterocycles. The topological polar surface area (TPSA) is 72.7 Å². The summed E-state index contributed by atoms with van der Waals surface area (Å²) in [6.45, 7) is 1.80. The second kappa shape index (κ2) is 3.42. The number of rotatable bonds is 2. The van der Waals surface area contributed by atoms with Crippen molar-refractivity contribution in [3.8, 4) is 11.5 Å². The van der Waals surface area contributed by atoms with E-state index in [0.717, 1.165) is 0 Å². The SMILES string of the molecule is Cc1ccc(CNO)c(O)c1O. The first kappa shape index (κ1) is 8.83. The molecule has 1 aromatic rings. The summed E-state index contributed by atoms with van der Waals surface area (Å²) in [5.74, 6) is -0.320. The molecule has 0 saturated carbocycles. The van der Waals surface area contributed by atoms with Crippen LogP contribution in [0.3, 0.4) is 0 Å². The third kappa shape index (κ3) is 1.49. The molecule has 4 nitrogen and oxygen atoms in total. The fraction of sp³-hybridized carbons (Fsp3) is 0.250. The molecule has 1 aromatic carbocycles. The monoisotopic (exact) mass is 169 g/mol. The van der Waals surface area contributed by atoms with E-state index in [0.29, 0.717) is 11.1 Å². The number of aromatic hydroxyl groups is 2. The fourth-order valence-electron chi connectivity index (χ4n) is 0.950. The summed E-state index contributed by atoms with van der Waals surface area (Å²) >= 11 is 0. The van der Waals surface area contributed by atoms with Crippen LogP contribution in [0.15, 0.2) is 12.1 Å². The van der Waals surface area contributed by atoms with Crippen molar-refractivity contribution in [3.05, 3.63) is 23.3 Å². The number of hydrogen-bond acceptors (Lipinski definition) is 4. The number of hydrogen-bond donors (Lipinski definition) is 4. The lowest BCUT2D eigenvalue weighted by atomic mass is 10.1. The smallest absolute Gasteiger partial charge is 0.162 e. The van der Waals surface area contributed by atoms with Crippen LogP contribution >= 0.6 is 0 Å². The maximum atomic E-state index is 9.31. The van der Waals surface area contributed by atoms with E-state index in [1.165, 1.54) is 0 Å². The van der Waals surface area contributed by atoms with Crippen molar-refractivity contribution >= 4 is 0 Å². The van der Waals surface area contributed by atoms with Gasteiger partial charge in [0.05, 0.1) is 0 Å². The third-order valence-corrected chi connectivity index (χ3v) is 1.71. The Labute approximate surface area is 70.0 Å². The minimum absolute atomic E-state index is 0.111. The molecule has 0 heterocycles. The zero-order chi connectivity index (χ0) is 9.14. The van der Waals surface area contributed by atoms with Gasteiger partial charge >= 0.3 is 0 Å². The number of benzene rings is 1.